The van der Waals surface area contributed by atoms with Crippen molar-refractivity contribution in [3.05, 3.63) is 78.9 Å². The number of nitrogens with zero attached hydrogens (tertiary/aromatic N) is 4. The molecular weight excluding hydrogens is 288 g/mol. The molecule has 3 aromatic carbocycles. The quantitative estimate of drug-likeness (QED) is 0.421. The van der Waals surface area contributed by atoms with Crippen LogP contribution in [0.5, 0.6) is 5.75 Å². The summed E-state index contributed by atoms with van der Waals surface area (Å²) in [6, 6.07) is 23.8. The second-order valence-corrected chi connectivity index (χ2v) is 4.80. The third-order valence-electron chi connectivity index (χ3n) is 3.04. The van der Waals surface area contributed by atoms with Crippen LogP contribution in [0.3, 0.4) is 0 Å². The minimum Gasteiger partial charge on any atom is -0.593 e. The highest BCUT2D eigenvalue weighted by Crippen LogP contribution is 2.24. The van der Waals surface area contributed by atoms with Gasteiger partial charge in [0.05, 0.1) is 22.7 Å². The van der Waals surface area contributed by atoms with E-state index in [1.807, 2.05) is 54.6 Å². The summed E-state index contributed by atoms with van der Waals surface area (Å²) in [7, 11) is 0. The first-order valence-corrected chi connectivity index (χ1v) is 7.10. The van der Waals surface area contributed by atoms with Gasteiger partial charge in [-0.15, -0.1) is 0 Å². The molecule has 0 saturated carbocycles. The summed E-state index contributed by atoms with van der Waals surface area (Å²) in [6.07, 6.45) is 0. The minimum absolute atomic E-state index is 0.456. The molecule has 0 fully saturated rings. The van der Waals surface area contributed by atoms with Crippen molar-refractivity contribution in [1.29, 1.82) is 0 Å². The number of hydrogen-bond acceptors (Lipinski definition) is 4. The van der Waals surface area contributed by atoms with E-state index in [0.29, 0.717) is 11.4 Å². The van der Waals surface area contributed by atoms with Gasteiger partial charge in [0.15, 0.2) is 0 Å². The van der Waals surface area contributed by atoms with Crippen LogP contribution in [0.1, 0.15) is 0 Å². The molecule has 112 valence electrons. The second kappa shape index (κ2) is 7.09. The smallest absolute Gasteiger partial charge is 0.253 e. The molecule has 0 saturated heterocycles. The Bertz CT molecular complexity index is 810. The lowest BCUT2D eigenvalue weighted by Gasteiger charge is -1.95. The molecule has 0 aliphatic heterocycles. The molecule has 0 unspecified atom stereocenters. The fraction of sp³-hybridized carbons (Fsp3) is 0. The van der Waals surface area contributed by atoms with Crippen LogP contribution in [0, 0.1) is 0 Å². The molecule has 0 heterocycles. The van der Waals surface area contributed by atoms with E-state index in [-0.39, 0.29) is 0 Å². The standard InChI is InChI=1S/C18H14N4O/c23-18-12-10-17(11-13-18)22-21-16-8-6-15(7-9-16)20-19-14-4-2-1-3-5-14/h1-13,23H/p+1. The molecule has 2 N–H and O–H groups in total. The molecule has 0 aliphatic rings. The van der Waals surface area contributed by atoms with Crippen LogP contribution >= 0.6 is 0 Å². The molecule has 0 bridgehead atoms. The predicted octanol–water partition coefficient (Wildman–Crippen LogP) is 5.96. The SMILES string of the molecule is [OH2+]c1ccc(N=Nc2ccc(N=Nc3ccccc3)cc2)cc1. The molecule has 5 heteroatoms. The van der Waals surface area contributed by atoms with Crippen LogP contribution in [0.25, 0.3) is 0 Å². The van der Waals surface area contributed by atoms with Gasteiger partial charge in [-0.1, -0.05) is 18.2 Å². The first-order valence-electron chi connectivity index (χ1n) is 7.10. The average molecular weight is 303 g/mol. The van der Waals surface area contributed by atoms with Crippen molar-refractivity contribution in [2.75, 3.05) is 0 Å². The van der Waals surface area contributed by atoms with Crippen molar-refractivity contribution in [2.24, 2.45) is 20.5 Å². The Hall–Kier alpha value is -3.34. The fourth-order valence-electron chi connectivity index (χ4n) is 1.84. The maximum atomic E-state index is 7.42. The molecule has 0 radical (unpaired) electrons. The molecule has 0 atom stereocenters. The Kier molecular flexibility index (Phi) is 4.49. The van der Waals surface area contributed by atoms with Crippen molar-refractivity contribution < 1.29 is 5.11 Å². The zero-order valence-electron chi connectivity index (χ0n) is 12.3. The summed E-state index contributed by atoms with van der Waals surface area (Å²) >= 11 is 0. The monoisotopic (exact) mass is 303 g/mol. The molecule has 3 aromatic rings. The van der Waals surface area contributed by atoms with E-state index >= 15 is 0 Å². The topological polar surface area (TPSA) is 72.3 Å². The molecule has 0 aliphatic carbocycles. The Morgan fingerprint density at radius 1 is 0.435 bits per heavy atom. The molecule has 23 heavy (non-hydrogen) atoms. The van der Waals surface area contributed by atoms with Crippen molar-refractivity contribution in [3.8, 4) is 5.75 Å². The lowest BCUT2D eigenvalue weighted by Crippen LogP contribution is -1.67. The van der Waals surface area contributed by atoms with Crippen molar-refractivity contribution in [1.82, 2.24) is 0 Å². The minimum atomic E-state index is 0.456. The Morgan fingerprint density at radius 3 is 1.22 bits per heavy atom. The van der Waals surface area contributed by atoms with Gasteiger partial charge >= 0.3 is 0 Å². The summed E-state index contributed by atoms with van der Waals surface area (Å²) in [5.74, 6) is 0.456. The first kappa shape index (κ1) is 14.6. The first-order chi connectivity index (χ1) is 11.3. The van der Waals surface area contributed by atoms with E-state index < -0.39 is 0 Å². The Balaban J connectivity index is 1.67. The average Bonchev–Trinajstić information content (AvgIpc) is 2.61. The highest BCUT2D eigenvalue weighted by Gasteiger charge is 1.95. The predicted molar refractivity (Wildman–Crippen MR) is 90.7 cm³/mol. The van der Waals surface area contributed by atoms with Crippen molar-refractivity contribution in [3.63, 3.8) is 0 Å². The highest BCUT2D eigenvalue weighted by atomic mass is 16.3. The van der Waals surface area contributed by atoms with Gasteiger partial charge < -0.3 is 5.11 Å². The summed E-state index contributed by atoms with van der Waals surface area (Å²) in [5.41, 5.74) is 3.02. The van der Waals surface area contributed by atoms with Crippen LogP contribution in [-0.4, -0.2) is 5.11 Å². The van der Waals surface area contributed by atoms with Gasteiger partial charge in [0, 0.05) is 12.1 Å². The molecule has 0 aromatic heterocycles. The van der Waals surface area contributed by atoms with Crippen LogP contribution in [-0.2, 0) is 0 Å². The lowest BCUT2D eigenvalue weighted by molar-refractivity contribution is 0.475. The third kappa shape index (κ3) is 4.31. The van der Waals surface area contributed by atoms with E-state index in [0.717, 1.165) is 17.1 Å². The summed E-state index contributed by atoms with van der Waals surface area (Å²) < 4.78 is 0. The van der Waals surface area contributed by atoms with Crippen molar-refractivity contribution >= 4 is 22.7 Å². The van der Waals surface area contributed by atoms with Crippen LogP contribution in [0.4, 0.5) is 22.7 Å². The molecule has 5 nitrogen and oxygen atoms in total. The highest BCUT2D eigenvalue weighted by molar-refractivity contribution is 5.48. The summed E-state index contributed by atoms with van der Waals surface area (Å²) in [5, 5.41) is 24.0. The van der Waals surface area contributed by atoms with Crippen LogP contribution in [0.15, 0.2) is 99.3 Å². The lowest BCUT2D eigenvalue weighted by atomic mass is 10.3. The molecule has 3 rings (SSSR count). The van der Waals surface area contributed by atoms with Crippen LogP contribution < -0.4 is 0 Å². The van der Waals surface area contributed by atoms with E-state index in [4.69, 9.17) is 5.11 Å². The van der Waals surface area contributed by atoms with E-state index in [1.165, 1.54) is 0 Å². The largest absolute Gasteiger partial charge is 0.593 e. The number of rotatable bonds is 4. The fourth-order valence-corrected chi connectivity index (χ4v) is 1.84. The molecule has 0 amide bonds. The number of azo groups is 2. The number of benzene rings is 3. The number of hydrogen-bond donors (Lipinski definition) is 0. The molecular formula is C18H15N4O+. The Morgan fingerprint density at radius 2 is 0.783 bits per heavy atom. The Labute approximate surface area is 133 Å². The van der Waals surface area contributed by atoms with Gasteiger partial charge in [-0.3, -0.25) is 0 Å². The third-order valence-corrected chi connectivity index (χ3v) is 3.04. The molecule has 0 spiro atoms. The maximum absolute atomic E-state index is 7.42. The van der Waals surface area contributed by atoms with Crippen molar-refractivity contribution in [2.45, 2.75) is 0 Å². The normalized spacial score (nSPS) is 11.3. The van der Waals surface area contributed by atoms with Gasteiger partial charge in [0.1, 0.15) is 0 Å². The van der Waals surface area contributed by atoms with Gasteiger partial charge in [-0.2, -0.15) is 20.5 Å². The second-order valence-electron chi connectivity index (χ2n) is 4.80. The van der Waals surface area contributed by atoms with E-state index in [2.05, 4.69) is 20.5 Å². The summed E-state index contributed by atoms with van der Waals surface area (Å²) in [4.78, 5) is 0. The van der Waals surface area contributed by atoms with Gasteiger partial charge in [-0.25, -0.2) is 0 Å². The van der Waals surface area contributed by atoms with Crippen LogP contribution in [0.2, 0.25) is 0 Å². The summed E-state index contributed by atoms with van der Waals surface area (Å²) in [6.45, 7) is 0. The van der Waals surface area contributed by atoms with Gasteiger partial charge in [0.25, 0.3) is 5.75 Å². The zero-order valence-corrected chi connectivity index (χ0v) is 12.3. The maximum Gasteiger partial charge on any atom is 0.253 e. The van der Waals surface area contributed by atoms with Gasteiger partial charge in [-0.05, 0) is 48.5 Å². The van der Waals surface area contributed by atoms with E-state index in [9.17, 15) is 0 Å². The zero-order chi connectivity index (χ0) is 15.9. The van der Waals surface area contributed by atoms with E-state index in [1.54, 1.807) is 24.3 Å². The van der Waals surface area contributed by atoms with Gasteiger partial charge in [0.2, 0.25) is 0 Å².